The molecule has 0 aromatic heterocycles. The molecule has 0 bridgehead atoms. The molecule has 0 heterocycles. The second kappa shape index (κ2) is 6.39. The Kier molecular flexibility index (Phi) is 4.33. The molecule has 0 saturated heterocycles. The van der Waals surface area contributed by atoms with Gasteiger partial charge in [-0.15, -0.1) is 0 Å². The number of aliphatic hydroxyl groups is 1. The summed E-state index contributed by atoms with van der Waals surface area (Å²) in [5.41, 5.74) is 1.31. The standard InChI is InChI=1S/C16H13NO2/c17-12-14-8-4-5-9-15(14)19-16(10-11-18)13-6-2-1-3-7-13/h1-10,18H,11H2/b16-10-. The summed E-state index contributed by atoms with van der Waals surface area (Å²) in [5, 5.41) is 18.1. The van der Waals surface area contributed by atoms with Crippen LogP contribution < -0.4 is 4.74 Å². The maximum atomic E-state index is 9.08. The van der Waals surface area contributed by atoms with Gasteiger partial charge in [0.25, 0.3) is 0 Å². The molecule has 2 aromatic carbocycles. The first-order valence-corrected chi connectivity index (χ1v) is 5.88. The average Bonchev–Trinajstić information content (AvgIpc) is 2.48. The van der Waals surface area contributed by atoms with Crippen LogP contribution in [0, 0.1) is 11.3 Å². The van der Waals surface area contributed by atoms with Crippen LogP contribution >= 0.6 is 0 Å². The van der Waals surface area contributed by atoms with Gasteiger partial charge < -0.3 is 9.84 Å². The first kappa shape index (κ1) is 12.9. The first-order chi connectivity index (χ1) is 9.35. The number of aliphatic hydroxyl groups excluding tert-OH is 1. The molecule has 0 aliphatic carbocycles. The Morgan fingerprint density at radius 3 is 2.47 bits per heavy atom. The molecule has 0 aliphatic rings. The fraction of sp³-hybridized carbons (Fsp3) is 0.0625. The van der Waals surface area contributed by atoms with E-state index in [1.54, 1.807) is 30.3 Å². The molecule has 0 spiro atoms. The number of rotatable bonds is 4. The summed E-state index contributed by atoms with van der Waals surface area (Å²) < 4.78 is 5.74. The molecule has 0 saturated carbocycles. The minimum atomic E-state index is -0.126. The third-order valence-corrected chi connectivity index (χ3v) is 2.56. The third kappa shape index (κ3) is 3.21. The zero-order valence-corrected chi connectivity index (χ0v) is 10.3. The van der Waals surface area contributed by atoms with Crippen LogP contribution in [-0.2, 0) is 0 Å². The van der Waals surface area contributed by atoms with Gasteiger partial charge in [-0.05, 0) is 18.2 Å². The van der Waals surface area contributed by atoms with Crippen LogP contribution in [0.25, 0.3) is 5.76 Å². The molecule has 0 radical (unpaired) electrons. The largest absolute Gasteiger partial charge is 0.456 e. The highest BCUT2D eigenvalue weighted by Gasteiger charge is 2.07. The van der Waals surface area contributed by atoms with E-state index in [1.165, 1.54) is 0 Å². The lowest BCUT2D eigenvalue weighted by Crippen LogP contribution is -1.98. The summed E-state index contributed by atoms with van der Waals surface area (Å²) in [6, 6.07) is 18.5. The van der Waals surface area contributed by atoms with Crippen LogP contribution in [0.15, 0.2) is 60.7 Å². The molecule has 3 heteroatoms. The molecule has 0 fully saturated rings. The van der Waals surface area contributed by atoms with E-state index >= 15 is 0 Å². The first-order valence-electron chi connectivity index (χ1n) is 5.88. The Bertz CT molecular complexity index is 612. The molecule has 94 valence electrons. The predicted octanol–water partition coefficient (Wildman–Crippen LogP) is 2.97. The summed E-state index contributed by atoms with van der Waals surface area (Å²) in [4.78, 5) is 0. The maximum absolute atomic E-state index is 9.08. The van der Waals surface area contributed by atoms with Crippen molar-refractivity contribution < 1.29 is 9.84 Å². The Morgan fingerprint density at radius 1 is 1.11 bits per heavy atom. The zero-order chi connectivity index (χ0) is 13.5. The summed E-state index contributed by atoms with van der Waals surface area (Å²) >= 11 is 0. The second-order valence-electron chi connectivity index (χ2n) is 3.83. The fourth-order valence-electron chi connectivity index (χ4n) is 1.67. The lowest BCUT2D eigenvalue weighted by Gasteiger charge is -2.11. The molecule has 19 heavy (non-hydrogen) atoms. The van der Waals surface area contributed by atoms with Crippen molar-refractivity contribution in [2.45, 2.75) is 0 Å². The van der Waals surface area contributed by atoms with Gasteiger partial charge in [0.2, 0.25) is 0 Å². The van der Waals surface area contributed by atoms with Crippen LogP contribution in [0.4, 0.5) is 0 Å². The highest BCUT2D eigenvalue weighted by atomic mass is 16.5. The summed E-state index contributed by atoms with van der Waals surface area (Å²) in [7, 11) is 0. The number of nitriles is 1. The maximum Gasteiger partial charge on any atom is 0.145 e. The second-order valence-corrected chi connectivity index (χ2v) is 3.83. The van der Waals surface area contributed by atoms with E-state index in [0.29, 0.717) is 17.1 Å². The lowest BCUT2D eigenvalue weighted by atomic mass is 10.1. The number of benzene rings is 2. The Labute approximate surface area is 112 Å². The van der Waals surface area contributed by atoms with Crippen molar-refractivity contribution in [3.8, 4) is 11.8 Å². The Morgan fingerprint density at radius 2 is 1.79 bits per heavy atom. The molecule has 0 unspecified atom stereocenters. The number of hydrogen-bond acceptors (Lipinski definition) is 3. The Hall–Kier alpha value is -2.57. The van der Waals surface area contributed by atoms with Crippen molar-refractivity contribution >= 4 is 5.76 Å². The van der Waals surface area contributed by atoms with Crippen molar-refractivity contribution in [2.75, 3.05) is 6.61 Å². The number of nitrogens with zero attached hydrogens (tertiary/aromatic N) is 1. The van der Waals surface area contributed by atoms with Crippen molar-refractivity contribution in [1.29, 1.82) is 5.26 Å². The van der Waals surface area contributed by atoms with Crippen LogP contribution in [0.1, 0.15) is 11.1 Å². The van der Waals surface area contributed by atoms with E-state index in [9.17, 15) is 0 Å². The molecule has 0 amide bonds. The highest BCUT2D eigenvalue weighted by Crippen LogP contribution is 2.24. The normalized spacial score (nSPS) is 10.8. The minimum Gasteiger partial charge on any atom is -0.456 e. The quantitative estimate of drug-likeness (QED) is 0.850. The summed E-state index contributed by atoms with van der Waals surface area (Å²) in [6.45, 7) is -0.126. The van der Waals surface area contributed by atoms with Crippen LogP contribution in [-0.4, -0.2) is 11.7 Å². The smallest absolute Gasteiger partial charge is 0.145 e. The molecule has 0 aliphatic heterocycles. The topological polar surface area (TPSA) is 53.2 Å². The van der Waals surface area contributed by atoms with E-state index in [4.69, 9.17) is 15.1 Å². The van der Waals surface area contributed by atoms with Gasteiger partial charge in [-0.25, -0.2) is 0 Å². The van der Waals surface area contributed by atoms with Crippen LogP contribution in [0.5, 0.6) is 5.75 Å². The third-order valence-electron chi connectivity index (χ3n) is 2.56. The van der Waals surface area contributed by atoms with Crippen molar-refractivity contribution in [3.05, 3.63) is 71.8 Å². The molecule has 2 rings (SSSR count). The molecular formula is C16H13NO2. The predicted molar refractivity (Wildman–Crippen MR) is 73.3 cm³/mol. The number of para-hydroxylation sites is 1. The van der Waals surface area contributed by atoms with Crippen LogP contribution in [0.2, 0.25) is 0 Å². The van der Waals surface area contributed by atoms with E-state index in [1.807, 2.05) is 30.3 Å². The molecule has 3 nitrogen and oxygen atoms in total. The van der Waals surface area contributed by atoms with Gasteiger partial charge in [-0.3, -0.25) is 0 Å². The minimum absolute atomic E-state index is 0.126. The average molecular weight is 251 g/mol. The number of ether oxygens (including phenoxy) is 1. The van der Waals surface area contributed by atoms with Crippen molar-refractivity contribution in [1.82, 2.24) is 0 Å². The lowest BCUT2D eigenvalue weighted by molar-refractivity contribution is 0.340. The summed E-state index contributed by atoms with van der Waals surface area (Å²) in [6.07, 6.45) is 1.57. The van der Waals surface area contributed by atoms with E-state index in [-0.39, 0.29) is 6.61 Å². The van der Waals surface area contributed by atoms with Crippen LogP contribution in [0.3, 0.4) is 0 Å². The van der Waals surface area contributed by atoms with Gasteiger partial charge >= 0.3 is 0 Å². The summed E-state index contributed by atoms with van der Waals surface area (Å²) in [5.74, 6) is 1.01. The number of hydrogen-bond donors (Lipinski definition) is 1. The van der Waals surface area contributed by atoms with E-state index in [0.717, 1.165) is 5.56 Å². The fourth-order valence-corrected chi connectivity index (χ4v) is 1.67. The van der Waals surface area contributed by atoms with Gasteiger partial charge in [0.15, 0.2) is 0 Å². The van der Waals surface area contributed by atoms with Gasteiger partial charge in [-0.1, -0.05) is 42.5 Å². The van der Waals surface area contributed by atoms with E-state index < -0.39 is 0 Å². The molecular weight excluding hydrogens is 238 g/mol. The zero-order valence-electron chi connectivity index (χ0n) is 10.3. The SMILES string of the molecule is N#Cc1ccccc1O/C(=C\CO)c1ccccc1. The van der Waals surface area contributed by atoms with Crippen molar-refractivity contribution in [3.63, 3.8) is 0 Å². The van der Waals surface area contributed by atoms with Crippen molar-refractivity contribution in [2.24, 2.45) is 0 Å². The van der Waals surface area contributed by atoms with Gasteiger partial charge in [0.05, 0.1) is 12.2 Å². The molecule has 0 atom stereocenters. The van der Waals surface area contributed by atoms with E-state index in [2.05, 4.69) is 6.07 Å². The highest BCUT2D eigenvalue weighted by molar-refractivity contribution is 5.63. The monoisotopic (exact) mass is 251 g/mol. The van der Waals surface area contributed by atoms with Gasteiger partial charge in [-0.2, -0.15) is 5.26 Å². The van der Waals surface area contributed by atoms with Gasteiger partial charge in [0, 0.05) is 5.56 Å². The Balaban J connectivity index is 2.33. The molecule has 2 aromatic rings. The molecule has 1 N–H and O–H groups in total. The van der Waals surface area contributed by atoms with Gasteiger partial charge in [0.1, 0.15) is 17.6 Å².